The Labute approximate surface area is 134 Å². The molecule has 1 aliphatic rings. The lowest BCUT2D eigenvalue weighted by Gasteiger charge is -2.16. The Bertz CT molecular complexity index is 598. The number of pyridine rings is 1. The molecule has 0 aliphatic carbocycles. The zero-order valence-corrected chi connectivity index (χ0v) is 12.8. The molecule has 1 aromatic heterocycles. The van der Waals surface area contributed by atoms with Gasteiger partial charge in [0, 0.05) is 25.8 Å². The highest BCUT2D eigenvalue weighted by atomic mass is 16.2. The second kappa shape index (κ2) is 8.58. The molecule has 3 amide bonds. The summed E-state index contributed by atoms with van der Waals surface area (Å²) in [5.41, 5.74) is 0.451. The highest BCUT2D eigenvalue weighted by Crippen LogP contribution is 2.08. The fourth-order valence-electron chi connectivity index (χ4n) is 2.28. The van der Waals surface area contributed by atoms with Gasteiger partial charge >= 0.3 is 6.03 Å². The minimum Gasteiger partial charge on any atom is -0.367 e. The summed E-state index contributed by atoms with van der Waals surface area (Å²) in [6, 6.07) is 4.54. The third kappa shape index (κ3) is 5.14. The van der Waals surface area contributed by atoms with Crippen LogP contribution in [0.1, 0.15) is 24.8 Å². The first-order valence-corrected chi connectivity index (χ1v) is 7.62. The zero-order valence-electron chi connectivity index (χ0n) is 12.8. The van der Waals surface area contributed by atoms with Crippen molar-refractivity contribution in [3.05, 3.63) is 23.9 Å². The van der Waals surface area contributed by atoms with E-state index in [9.17, 15) is 9.59 Å². The van der Waals surface area contributed by atoms with Crippen LogP contribution in [0.5, 0.6) is 0 Å². The Morgan fingerprint density at radius 3 is 3.13 bits per heavy atom. The van der Waals surface area contributed by atoms with Crippen LogP contribution in [0.25, 0.3) is 0 Å². The Morgan fingerprint density at radius 2 is 2.30 bits per heavy atom. The van der Waals surface area contributed by atoms with Gasteiger partial charge in [0.25, 0.3) is 0 Å². The number of urea groups is 1. The van der Waals surface area contributed by atoms with Crippen LogP contribution < -0.4 is 21.3 Å². The predicted molar refractivity (Wildman–Crippen MR) is 84.6 cm³/mol. The van der Waals surface area contributed by atoms with Crippen molar-refractivity contribution in [1.29, 1.82) is 5.26 Å². The van der Waals surface area contributed by atoms with Crippen LogP contribution in [-0.2, 0) is 4.79 Å². The van der Waals surface area contributed by atoms with Crippen LogP contribution in [0, 0.1) is 11.3 Å². The number of nitrogens with zero attached hydrogens (tertiary/aromatic N) is 2. The van der Waals surface area contributed by atoms with Crippen molar-refractivity contribution >= 4 is 17.8 Å². The summed E-state index contributed by atoms with van der Waals surface area (Å²) in [6.07, 6.45) is 4.08. The summed E-state index contributed by atoms with van der Waals surface area (Å²) < 4.78 is 0. The number of anilines is 1. The van der Waals surface area contributed by atoms with Crippen molar-refractivity contribution in [3.8, 4) is 6.07 Å². The van der Waals surface area contributed by atoms with Gasteiger partial charge < -0.3 is 21.3 Å². The molecule has 0 radical (unpaired) electrons. The number of aromatic nitrogens is 1. The molecule has 122 valence electrons. The average molecular weight is 316 g/mol. The number of hydrogen-bond acceptors (Lipinski definition) is 5. The summed E-state index contributed by atoms with van der Waals surface area (Å²) in [6.45, 7) is 1.44. The van der Waals surface area contributed by atoms with E-state index in [0.29, 0.717) is 37.4 Å². The molecule has 2 heterocycles. The largest absolute Gasteiger partial charge is 0.367 e. The monoisotopic (exact) mass is 316 g/mol. The quantitative estimate of drug-likeness (QED) is 0.584. The van der Waals surface area contributed by atoms with E-state index in [-0.39, 0.29) is 11.9 Å². The maximum Gasteiger partial charge on any atom is 0.315 e. The highest BCUT2D eigenvalue weighted by molar-refractivity contribution is 5.87. The molecule has 0 unspecified atom stereocenters. The van der Waals surface area contributed by atoms with Crippen molar-refractivity contribution in [2.45, 2.75) is 25.3 Å². The maximum absolute atomic E-state index is 11.8. The lowest BCUT2D eigenvalue weighted by molar-refractivity contribution is -0.122. The van der Waals surface area contributed by atoms with E-state index < -0.39 is 6.04 Å². The number of rotatable bonds is 5. The smallest absolute Gasteiger partial charge is 0.315 e. The number of hydrogen-bond donors (Lipinski definition) is 4. The second-order valence-corrected chi connectivity index (χ2v) is 5.18. The molecule has 8 heteroatoms. The Morgan fingerprint density at radius 1 is 1.43 bits per heavy atom. The molecule has 8 nitrogen and oxygen atoms in total. The number of nitrogens with one attached hydrogen (secondary N) is 4. The minimum atomic E-state index is -0.480. The molecule has 1 atom stereocenters. The number of amides is 3. The molecular formula is C15H20N6O2. The van der Waals surface area contributed by atoms with E-state index in [1.165, 1.54) is 0 Å². The average Bonchev–Trinajstić information content (AvgIpc) is 2.77. The minimum absolute atomic E-state index is 0.136. The topological polar surface area (TPSA) is 119 Å². The first-order valence-electron chi connectivity index (χ1n) is 7.62. The van der Waals surface area contributed by atoms with Gasteiger partial charge in [0.15, 0.2) is 0 Å². The van der Waals surface area contributed by atoms with Crippen molar-refractivity contribution in [2.75, 3.05) is 25.0 Å². The predicted octanol–water partition coefficient (Wildman–Crippen LogP) is 0.333. The third-order valence-electron chi connectivity index (χ3n) is 3.47. The van der Waals surface area contributed by atoms with Gasteiger partial charge in [-0.15, -0.1) is 0 Å². The molecule has 2 rings (SSSR count). The van der Waals surface area contributed by atoms with E-state index in [4.69, 9.17) is 5.26 Å². The molecule has 4 N–H and O–H groups in total. The molecule has 0 spiro atoms. The molecule has 0 saturated carbocycles. The van der Waals surface area contributed by atoms with Crippen LogP contribution in [0.3, 0.4) is 0 Å². The number of carbonyl (C=O) groups is 2. The molecule has 0 aromatic carbocycles. The van der Waals surface area contributed by atoms with Crippen LogP contribution in [0.2, 0.25) is 0 Å². The Balaban J connectivity index is 1.70. The molecule has 0 bridgehead atoms. The first-order chi connectivity index (χ1) is 11.2. The summed E-state index contributed by atoms with van der Waals surface area (Å²) >= 11 is 0. The van der Waals surface area contributed by atoms with Gasteiger partial charge in [0.05, 0.1) is 5.56 Å². The Kier molecular flexibility index (Phi) is 6.17. The van der Waals surface area contributed by atoms with Crippen LogP contribution >= 0.6 is 0 Å². The number of carbonyl (C=O) groups excluding carboxylic acids is 2. The summed E-state index contributed by atoms with van der Waals surface area (Å²) in [5, 5.41) is 20.0. The normalized spacial score (nSPS) is 17.3. The van der Waals surface area contributed by atoms with Gasteiger partial charge in [-0.2, -0.15) is 5.26 Å². The van der Waals surface area contributed by atoms with Crippen LogP contribution in [-0.4, -0.2) is 42.6 Å². The van der Waals surface area contributed by atoms with E-state index in [2.05, 4.69) is 26.3 Å². The Hall–Kier alpha value is -2.82. The fourth-order valence-corrected chi connectivity index (χ4v) is 2.28. The maximum atomic E-state index is 11.8. The second-order valence-electron chi connectivity index (χ2n) is 5.18. The van der Waals surface area contributed by atoms with Crippen molar-refractivity contribution < 1.29 is 9.59 Å². The highest BCUT2D eigenvalue weighted by Gasteiger charge is 2.21. The molecule has 1 fully saturated rings. The molecule has 1 aromatic rings. The summed E-state index contributed by atoms with van der Waals surface area (Å²) in [7, 11) is 0. The fraction of sp³-hybridized carbons (Fsp3) is 0.467. The van der Waals surface area contributed by atoms with E-state index in [1.807, 2.05) is 6.07 Å². The molecule has 23 heavy (non-hydrogen) atoms. The molecule has 1 saturated heterocycles. The summed E-state index contributed by atoms with van der Waals surface area (Å²) in [5.74, 6) is 0.350. The van der Waals surface area contributed by atoms with Gasteiger partial charge in [-0.05, 0) is 31.4 Å². The zero-order chi connectivity index (χ0) is 16.5. The lowest BCUT2D eigenvalue weighted by atomic mass is 10.1. The van der Waals surface area contributed by atoms with Gasteiger partial charge in [-0.25, -0.2) is 9.78 Å². The van der Waals surface area contributed by atoms with Crippen molar-refractivity contribution in [3.63, 3.8) is 0 Å². The van der Waals surface area contributed by atoms with Gasteiger partial charge in [0.2, 0.25) is 5.91 Å². The number of nitriles is 1. The third-order valence-corrected chi connectivity index (χ3v) is 3.47. The SMILES string of the molecule is N#Cc1cccnc1NCCNC(=O)N[C@@H]1CCCCNC1=O. The van der Waals surface area contributed by atoms with Gasteiger partial charge in [-0.1, -0.05) is 0 Å². The molecular weight excluding hydrogens is 296 g/mol. The van der Waals surface area contributed by atoms with Crippen molar-refractivity contribution in [2.24, 2.45) is 0 Å². The van der Waals surface area contributed by atoms with Gasteiger partial charge in [0.1, 0.15) is 17.9 Å². The van der Waals surface area contributed by atoms with Crippen LogP contribution in [0.4, 0.5) is 10.6 Å². The van der Waals surface area contributed by atoms with E-state index in [0.717, 1.165) is 12.8 Å². The van der Waals surface area contributed by atoms with E-state index in [1.54, 1.807) is 18.3 Å². The first kappa shape index (κ1) is 16.5. The van der Waals surface area contributed by atoms with E-state index >= 15 is 0 Å². The van der Waals surface area contributed by atoms with Crippen molar-refractivity contribution in [1.82, 2.24) is 20.9 Å². The summed E-state index contributed by atoms with van der Waals surface area (Å²) in [4.78, 5) is 27.6. The van der Waals surface area contributed by atoms with Crippen LogP contribution in [0.15, 0.2) is 18.3 Å². The lowest BCUT2D eigenvalue weighted by Crippen LogP contribution is -2.49. The molecule has 1 aliphatic heterocycles. The standard InChI is InChI=1S/C15H20N6O2/c16-10-11-4-3-7-17-13(11)18-8-9-20-15(23)21-12-5-1-2-6-19-14(12)22/h3-4,7,12H,1-2,5-6,8-9H2,(H,17,18)(H,19,22)(H2,20,21,23)/t12-/m1/s1. The van der Waals surface area contributed by atoms with Gasteiger partial charge in [-0.3, -0.25) is 4.79 Å².